The Balaban J connectivity index is 2.54. The largest absolute Gasteiger partial charge is 0.467 e. The average molecular weight is 237 g/mol. The number of benzene rings is 1. The Kier molecular flexibility index (Phi) is 2.95. The highest BCUT2D eigenvalue weighted by molar-refractivity contribution is 7.99. The van der Waals surface area contributed by atoms with E-state index in [1.165, 1.54) is 7.11 Å². The normalized spacial score (nSPS) is 23.7. The van der Waals surface area contributed by atoms with Crippen LogP contribution in [0.5, 0.6) is 0 Å². The van der Waals surface area contributed by atoms with Crippen molar-refractivity contribution in [3.63, 3.8) is 0 Å². The molecule has 1 aliphatic rings. The zero-order valence-electron chi connectivity index (χ0n) is 9.45. The molecule has 1 heterocycles. The van der Waals surface area contributed by atoms with Gasteiger partial charge >= 0.3 is 5.97 Å². The number of hydrogen-bond donors (Lipinski definition) is 1. The standard InChI is InChI=1S/C12H15NO2S/c1-8-3-4-10-9(7-8)12(13,5-6-16-10)11(14)15-2/h3-4,7H,5-6,13H2,1-2H3. The molecule has 0 saturated heterocycles. The lowest BCUT2D eigenvalue weighted by molar-refractivity contribution is -0.147. The van der Waals surface area contributed by atoms with Crippen molar-refractivity contribution in [2.45, 2.75) is 23.8 Å². The van der Waals surface area contributed by atoms with Crippen molar-refractivity contribution in [3.05, 3.63) is 29.3 Å². The number of fused-ring (bicyclic) bond motifs is 1. The summed E-state index contributed by atoms with van der Waals surface area (Å²) in [5, 5.41) is 0. The van der Waals surface area contributed by atoms with E-state index in [4.69, 9.17) is 10.5 Å². The van der Waals surface area contributed by atoms with Crippen LogP contribution in [-0.2, 0) is 15.1 Å². The maximum Gasteiger partial charge on any atom is 0.330 e. The highest BCUT2D eigenvalue weighted by atomic mass is 32.2. The predicted molar refractivity (Wildman–Crippen MR) is 64.4 cm³/mol. The van der Waals surface area contributed by atoms with Crippen LogP contribution in [0.4, 0.5) is 0 Å². The quantitative estimate of drug-likeness (QED) is 0.757. The number of ether oxygens (including phenoxy) is 1. The first-order valence-corrected chi connectivity index (χ1v) is 6.18. The number of rotatable bonds is 1. The van der Waals surface area contributed by atoms with Gasteiger partial charge in [0.25, 0.3) is 0 Å². The van der Waals surface area contributed by atoms with Crippen LogP contribution in [0.2, 0.25) is 0 Å². The summed E-state index contributed by atoms with van der Waals surface area (Å²) in [5.74, 6) is 0.501. The predicted octanol–water partition coefficient (Wildman–Crippen LogP) is 1.82. The molecule has 1 unspecified atom stereocenters. The number of esters is 1. The molecule has 1 atom stereocenters. The smallest absolute Gasteiger partial charge is 0.330 e. The summed E-state index contributed by atoms with van der Waals surface area (Å²) in [6, 6.07) is 6.05. The Morgan fingerprint density at radius 2 is 2.31 bits per heavy atom. The van der Waals surface area contributed by atoms with Gasteiger partial charge in [0.05, 0.1) is 7.11 Å². The highest BCUT2D eigenvalue weighted by Crippen LogP contribution is 2.39. The monoisotopic (exact) mass is 237 g/mol. The van der Waals surface area contributed by atoms with Crippen molar-refractivity contribution in [3.8, 4) is 0 Å². The van der Waals surface area contributed by atoms with Crippen LogP contribution in [-0.4, -0.2) is 18.8 Å². The van der Waals surface area contributed by atoms with Gasteiger partial charge in [0.2, 0.25) is 0 Å². The Labute approximate surface area is 99.4 Å². The summed E-state index contributed by atoms with van der Waals surface area (Å²) in [6.45, 7) is 2.00. The molecular formula is C12H15NO2S. The van der Waals surface area contributed by atoms with Gasteiger partial charge in [-0.1, -0.05) is 17.7 Å². The van der Waals surface area contributed by atoms with Gasteiger partial charge in [0.1, 0.15) is 5.54 Å². The van der Waals surface area contributed by atoms with E-state index in [0.29, 0.717) is 6.42 Å². The maximum absolute atomic E-state index is 11.8. The van der Waals surface area contributed by atoms with E-state index in [1.807, 2.05) is 25.1 Å². The summed E-state index contributed by atoms with van der Waals surface area (Å²) in [6.07, 6.45) is 0.626. The first-order valence-electron chi connectivity index (χ1n) is 5.19. The van der Waals surface area contributed by atoms with Crippen LogP contribution >= 0.6 is 11.8 Å². The number of nitrogens with two attached hydrogens (primary N) is 1. The lowest BCUT2D eigenvalue weighted by atomic mass is 9.87. The van der Waals surface area contributed by atoms with E-state index in [-0.39, 0.29) is 5.97 Å². The van der Waals surface area contributed by atoms with Crippen LogP contribution in [0.3, 0.4) is 0 Å². The summed E-state index contributed by atoms with van der Waals surface area (Å²) in [5.41, 5.74) is 7.24. The Morgan fingerprint density at radius 1 is 1.56 bits per heavy atom. The van der Waals surface area contributed by atoms with Gasteiger partial charge in [-0.2, -0.15) is 0 Å². The molecule has 2 rings (SSSR count). The Bertz CT molecular complexity index is 433. The molecule has 0 amide bonds. The van der Waals surface area contributed by atoms with Crippen molar-refractivity contribution >= 4 is 17.7 Å². The highest BCUT2D eigenvalue weighted by Gasteiger charge is 2.41. The number of methoxy groups -OCH3 is 1. The van der Waals surface area contributed by atoms with Crippen molar-refractivity contribution in [2.24, 2.45) is 5.73 Å². The maximum atomic E-state index is 11.8. The molecule has 0 fully saturated rings. The van der Waals surface area contributed by atoms with E-state index < -0.39 is 5.54 Å². The number of hydrogen-bond acceptors (Lipinski definition) is 4. The minimum absolute atomic E-state index is 0.348. The zero-order valence-corrected chi connectivity index (χ0v) is 10.3. The zero-order chi connectivity index (χ0) is 11.8. The number of thioether (sulfide) groups is 1. The molecule has 0 aromatic heterocycles. The molecule has 2 N–H and O–H groups in total. The van der Waals surface area contributed by atoms with Crippen LogP contribution in [0, 0.1) is 6.92 Å². The van der Waals surface area contributed by atoms with Gasteiger partial charge in [0.15, 0.2) is 0 Å². The fraction of sp³-hybridized carbons (Fsp3) is 0.417. The van der Waals surface area contributed by atoms with E-state index in [9.17, 15) is 4.79 Å². The molecule has 0 saturated carbocycles. The van der Waals surface area contributed by atoms with Crippen LogP contribution in [0.1, 0.15) is 17.5 Å². The lowest BCUT2D eigenvalue weighted by Gasteiger charge is -2.32. The summed E-state index contributed by atoms with van der Waals surface area (Å²) in [7, 11) is 1.38. The second-order valence-electron chi connectivity index (χ2n) is 4.06. The topological polar surface area (TPSA) is 52.3 Å². The Morgan fingerprint density at radius 3 is 3.00 bits per heavy atom. The summed E-state index contributed by atoms with van der Waals surface area (Å²) >= 11 is 1.74. The minimum Gasteiger partial charge on any atom is -0.467 e. The van der Waals surface area contributed by atoms with Crippen molar-refractivity contribution in [1.82, 2.24) is 0 Å². The van der Waals surface area contributed by atoms with Gasteiger partial charge in [-0.05, 0) is 25.0 Å². The van der Waals surface area contributed by atoms with E-state index >= 15 is 0 Å². The molecule has 1 aromatic carbocycles. The molecule has 0 bridgehead atoms. The summed E-state index contributed by atoms with van der Waals surface area (Å²) < 4.78 is 4.82. The summed E-state index contributed by atoms with van der Waals surface area (Å²) in [4.78, 5) is 12.9. The fourth-order valence-corrected chi connectivity index (χ4v) is 3.17. The third-order valence-electron chi connectivity index (χ3n) is 2.92. The molecule has 16 heavy (non-hydrogen) atoms. The lowest BCUT2D eigenvalue weighted by Crippen LogP contribution is -2.48. The van der Waals surface area contributed by atoms with Crippen LogP contribution in [0.15, 0.2) is 23.1 Å². The van der Waals surface area contributed by atoms with Crippen molar-refractivity contribution < 1.29 is 9.53 Å². The molecule has 4 heteroatoms. The third-order valence-corrected chi connectivity index (χ3v) is 3.99. The molecule has 1 aromatic rings. The SMILES string of the molecule is COC(=O)C1(N)CCSc2ccc(C)cc21. The van der Waals surface area contributed by atoms with Gasteiger partial charge in [-0.3, -0.25) is 0 Å². The van der Waals surface area contributed by atoms with Gasteiger partial charge in [0, 0.05) is 10.6 Å². The van der Waals surface area contributed by atoms with Crippen LogP contribution in [0.25, 0.3) is 0 Å². The van der Waals surface area contributed by atoms with Gasteiger partial charge in [-0.25, -0.2) is 4.79 Å². The molecule has 86 valence electrons. The molecule has 1 aliphatic heterocycles. The minimum atomic E-state index is -0.971. The van der Waals surface area contributed by atoms with E-state index in [0.717, 1.165) is 21.8 Å². The molecule has 0 radical (unpaired) electrons. The number of carbonyl (C=O) groups excluding carboxylic acids is 1. The fourth-order valence-electron chi connectivity index (χ4n) is 1.97. The number of aryl methyl sites for hydroxylation is 1. The molecule has 3 nitrogen and oxygen atoms in total. The van der Waals surface area contributed by atoms with Gasteiger partial charge in [-0.15, -0.1) is 11.8 Å². The van der Waals surface area contributed by atoms with Gasteiger partial charge < -0.3 is 10.5 Å². The average Bonchev–Trinajstić information content (AvgIpc) is 2.29. The third kappa shape index (κ3) is 1.72. The van der Waals surface area contributed by atoms with Crippen molar-refractivity contribution in [2.75, 3.05) is 12.9 Å². The van der Waals surface area contributed by atoms with E-state index in [1.54, 1.807) is 11.8 Å². The van der Waals surface area contributed by atoms with E-state index in [2.05, 4.69) is 0 Å². The number of carbonyl (C=O) groups is 1. The first-order chi connectivity index (χ1) is 7.58. The second-order valence-corrected chi connectivity index (χ2v) is 5.20. The molecular weight excluding hydrogens is 222 g/mol. The molecule has 0 aliphatic carbocycles. The second kappa shape index (κ2) is 4.11. The van der Waals surface area contributed by atoms with Crippen molar-refractivity contribution in [1.29, 1.82) is 0 Å². The molecule has 0 spiro atoms. The van der Waals surface area contributed by atoms with Crippen LogP contribution < -0.4 is 5.73 Å². The first kappa shape index (κ1) is 11.5. The Hall–Kier alpha value is -1.00.